The number of carboxylic acid groups (broad SMARTS) is 1. The molecule has 0 fully saturated rings. The summed E-state index contributed by atoms with van der Waals surface area (Å²) in [4.78, 5) is 18.4. The van der Waals surface area contributed by atoms with Crippen molar-refractivity contribution in [1.82, 2.24) is 4.98 Å². The van der Waals surface area contributed by atoms with Gasteiger partial charge in [-0.15, -0.1) is 11.3 Å². The van der Waals surface area contributed by atoms with Gasteiger partial charge in [0, 0.05) is 11.9 Å². The number of aromatic carboxylic acids is 1. The van der Waals surface area contributed by atoms with E-state index in [1.807, 2.05) is 23.4 Å². The first-order valence-corrected chi connectivity index (χ1v) is 6.74. The average molecular weight is 268 g/mol. The number of carboxylic acids is 1. The lowest BCUT2D eigenvalue weighted by molar-refractivity contribution is 0.0702. The minimum Gasteiger partial charge on any atom is -0.477 e. The van der Waals surface area contributed by atoms with Gasteiger partial charge in [0.2, 0.25) is 0 Å². The second kappa shape index (κ2) is 4.85. The number of thiazole rings is 1. The van der Waals surface area contributed by atoms with E-state index in [2.05, 4.69) is 18.0 Å². The molecule has 4 nitrogen and oxygen atoms in total. The van der Waals surface area contributed by atoms with Gasteiger partial charge in [0.05, 0.1) is 12.2 Å². The van der Waals surface area contributed by atoms with Crippen LogP contribution in [0.2, 0.25) is 0 Å². The van der Waals surface area contributed by atoms with Gasteiger partial charge in [-0.3, -0.25) is 0 Å². The van der Waals surface area contributed by atoms with Crippen LogP contribution in [0.25, 0.3) is 0 Å². The Balaban J connectivity index is 2.19. The van der Waals surface area contributed by atoms with Crippen molar-refractivity contribution < 1.29 is 9.90 Å². The molecule has 0 aliphatic carbocycles. The highest BCUT2D eigenvalue weighted by atomic mass is 32.1. The fourth-order valence-electron chi connectivity index (χ4n) is 1.41. The molecule has 0 bridgehead atoms. The number of hydrogen-bond acceptors (Lipinski definition) is 5. The zero-order valence-corrected chi connectivity index (χ0v) is 11.1. The van der Waals surface area contributed by atoms with Crippen LogP contribution in [-0.2, 0) is 0 Å². The van der Waals surface area contributed by atoms with E-state index in [4.69, 9.17) is 5.11 Å². The molecule has 1 N–H and O–H groups in total. The molecule has 1 atom stereocenters. The Morgan fingerprint density at radius 2 is 2.35 bits per heavy atom. The fraction of sp³-hybridized carbons (Fsp3) is 0.273. The molecule has 0 aromatic carbocycles. The first-order chi connectivity index (χ1) is 8.09. The second-order valence-corrected chi connectivity index (χ2v) is 5.60. The second-order valence-electron chi connectivity index (χ2n) is 3.61. The fourth-order valence-corrected chi connectivity index (χ4v) is 3.04. The standard InChI is InChI=1S/C11H12N2O2S2/c1-7(8-4-3-5-16-8)13(2)11-12-6-9(17-11)10(14)15/h3-7H,1-2H3,(H,14,15). The Labute approximate surface area is 107 Å². The summed E-state index contributed by atoms with van der Waals surface area (Å²) in [6.45, 7) is 2.08. The van der Waals surface area contributed by atoms with E-state index in [1.165, 1.54) is 22.4 Å². The van der Waals surface area contributed by atoms with Gasteiger partial charge in [-0.25, -0.2) is 9.78 Å². The van der Waals surface area contributed by atoms with Crippen molar-refractivity contribution >= 4 is 33.8 Å². The molecule has 0 radical (unpaired) electrons. The number of rotatable bonds is 4. The highest BCUT2D eigenvalue weighted by Gasteiger charge is 2.17. The number of thiophene rings is 1. The van der Waals surface area contributed by atoms with E-state index in [0.717, 1.165) is 5.13 Å². The molecule has 2 heterocycles. The zero-order chi connectivity index (χ0) is 12.4. The monoisotopic (exact) mass is 268 g/mol. The van der Waals surface area contributed by atoms with E-state index >= 15 is 0 Å². The van der Waals surface area contributed by atoms with Crippen LogP contribution in [0.15, 0.2) is 23.7 Å². The van der Waals surface area contributed by atoms with Crippen LogP contribution in [0.5, 0.6) is 0 Å². The van der Waals surface area contributed by atoms with Crippen LogP contribution >= 0.6 is 22.7 Å². The largest absolute Gasteiger partial charge is 0.477 e. The van der Waals surface area contributed by atoms with Crippen LogP contribution in [0.1, 0.15) is 27.5 Å². The quantitative estimate of drug-likeness (QED) is 0.925. The Morgan fingerprint density at radius 3 is 2.88 bits per heavy atom. The maximum absolute atomic E-state index is 10.8. The van der Waals surface area contributed by atoms with E-state index < -0.39 is 5.97 Å². The number of aromatic nitrogens is 1. The molecule has 0 aliphatic rings. The molecule has 90 valence electrons. The molecule has 2 rings (SSSR count). The third-order valence-corrected chi connectivity index (χ3v) is 4.66. The predicted molar refractivity (Wildman–Crippen MR) is 70.2 cm³/mol. The van der Waals surface area contributed by atoms with Crippen molar-refractivity contribution in [1.29, 1.82) is 0 Å². The van der Waals surface area contributed by atoms with Crippen molar-refractivity contribution in [2.45, 2.75) is 13.0 Å². The van der Waals surface area contributed by atoms with Crippen molar-refractivity contribution in [3.63, 3.8) is 0 Å². The molecule has 17 heavy (non-hydrogen) atoms. The van der Waals surface area contributed by atoms with Crippen LogP contribution in [0, 0.1) is 0 Å². The number of carbonyl (C=O) groups is 1. The van der Waals surface area contributed by atoms with Crippen molar-refractivity contribution in [2.24, 2.45) is 0 Å². The molecule has 0 spiro atoms. The van der Waals surface area contributed by atoms with Crippen molar-refractivity contribution in [3.8, 4) is 0 Å². The van der Waals surface area contributed by atoms with Crippen molar-refractivity contribution in [3.05, 3.63) is 33.5 Å². The molecule has 2 aromatic rings. The highest BCUT2D eigenvalue weighted by Crippen LogP contribution is 2.30. The third kappa shape index (κ3) is 2.48. The first kappa shape index (κ1) is 12.1. The number of anilines is 1. The molecule has 0 saturated carbocycles. The molecular formula is C11H12N2O2S2. The Hall–Kier alpha value is -1.40. The van der Waals surface area contributed by atoms with Gasteiger partial charge in [-0.2, -0.15) is 0 Å². The molecule has 0 amide bonds. The van der Waals surface area contributed by atoms with Gasteiger partial charge in [0.25, 0.3) is 0 Å². The molecule has 0 aliphatic heterocycles. The van der Waals surface area contributed by atoms with Gasteiger partial charge in [0.15, 0.2) is 5.13 Å². The topological polar surface area (TPSA) is 53.4 Å². The average Bonchev–Trinajstić information content (AvgIpc) is 2.97. The molecule has 2 aromatic heterocycles. The van der Waals surface area contributed by atoms with E-state index in [-0.39, 0.29) is 10.9 Å². The normalized spacial score (nSPS) is 12.4. The Morgan fingerprint density at radius 1 is 1.59 bits per heavy atom. The zero-order valence-electron chi connectivity index (χ0n) is 9.45. The summed E-state index contributed by atoms with van der Waals surface area (Å²) >= 11 is 2.88. The lowest BCUT2D eigenvalue weighted by atomic mass is 10.2. The van der Waals surface area contributed by atoms with Crippen LogP contribution in [0.4, 0.5) is 5.13 Å². The summed E-state index contributed by atoms with van der Waals surface area (Å²) in [5.41, 5.74) is 0. The number of hydrogen-bond donors (Lipinski definition) is 1. The summed E-state index contributed by atoms with van der Waals surface area (Å²) < 4.78 is 0. The van der Waals surface area contributed by atoms with Gasteiger partial charge >= 0.3 is 5.97 Å². The number of nitrogens with zero attached hydrogens (tertiary/aromatic N) is 2. The summed E-state index contributed by atoms with van der Waals surface area (Å²) in [6, 6.07) is 4.27. The van der Waals surface area contributed by atoms with Gasteiger partial charge in [-0.05, 0) is 18.4 Å². The van der Waals surface area contributed by atoms with Gasteiger partial charge < -0.3 is 10.0 Å². The minimum atomic E-state index is -0.925. The van der Waals surface area contributed by atoms with E-state index in [1.54, 1.807) is 11.3 Å². The molecular weight excluding hydrogens is 256 g/mol. The van der Waals surface area contributed by atoms with E-state index in [9.17, 15) is 4.79 Å². The Bertz CT molecular complexity index is 507. The maximum atomic E-state index is 10.8. The molecule has 6 heteroatoms. The van der Waals surface area contributed by atoms with Crippen LogP contribution in [0.3, 0.4) is 0 Å². The predicted octanol–water partition coefficient (Wildman–Crippen LogP) is 3.10. The SMILES string of the molecule is CC(c1cccs1)N(C)c1ncc(C(=O)O)s1. The smallest absolute Gasteiger partial charge is 0.347 e. The molecule has 1 unspecified atom stereocenters. The summed E-state index contributed by atoms with van der Waals surface area (Å²) in [5, 5.41) is 11.6. The van der Waals surface area contributed by atoms with Crippen molar-refractivity contribution in [2.75, 3.05) is 11.9 Å². The maximum Gasteiger partial charge on any atom is 0.347 e. The lowest BCUT2D eigenvalue weighted by Crippen LogP contribution is -2.20. The lowest BCUT2D eigenvalue weighted by Gasteiger charge is -2.23. The van der Waals surface area contributed by atoms with Gasteiger partial charge in [0.1, 0.15) is 4.88 Å². The van der Waals surface area contributed by atoms with E-state index in [0.29, 0.717) is 0 Å². The van der Waals surface area contributed by atoms with Gasteiger partial charge in [-0.1, -0.05) is 17.4 Å². The first-order valence-electron chi connectivity index (χ1n) is 5.05. The summed E-state index contributed by atoms with van der Waals surface area (Å²) in [7, 11) is 1.93. The van der Waals surface area contributed by atoms with Crippen LogP contribution < -0.4 is 4.90 Å². The highest BCUT2D eigenvalue weighted by molar-refractivity contribution is 7.17. The third-order valence-electron chi connectivity index (χ3n) is 2.54. The molecule has 0 saturated heterocycles. The Kier molecular flexibility index (Phi) is 3.44. The van der Waals surface area contributed by atoms with Crippen LogP contribution in [-0.4, -0.2) is 23.1 Å². The minimum absolute atomic E-state index is 0.197. The summed E-state index contributed by atoms with van der Waals surface area (Å²) in [5.74, 6) is -0.925. The summed E-state index contributed by atoms with van der Waals surface area (Å²) in [6.07, 6.45) is 1.40.